The largest absolute Gasteiger partial charge is 0.326 e. The van der Waals surface area contributed by atoms with E-state index in [0.717, 1.165) is 15.6 Å². The fourth-order valence-electron chi connectivity index (χ4n) is 1.01. The fraction of sp³-hybridized carbons (Fsp3) is 0.222. The van der Waals surface area contributed by atoms with Gasteiger partial charge in [-0.25, -0.2) is 0 Å². The summed E-state index contributed by atoms with van der Waals surface area (Å²) in [5.41, 5.74) is 8.13. The second-order valence-corrected chi connectivity index (χ2v) is 3.43. The van der Waals surface area contributed by atoms with Crippen molar-refractivity contribution in [3.05, 3.63) is 33.3 Å². The third-order valence-electron chi connectivity index (χ3n) is 1.72. The number of hydrogen-bond acceptors (Lipinski definition) is 2. The highest BCUT2D eigenvalue weighted by atomic mass is 79.9. The SMILES string of the molecule is Cc1cc(CN)c(C#N)cc1Br. The van der Waals surface area contributed by atoms with Crippen LogP contribution in [0.5, 0.6) is 0 Å². The maximum absolute atomic E-state index is 8.74. The molecule has 0 aromatic heterocycles. The predicted octanol–water partition coefficient (Wildman–Crippen LogP) is 2.09. The maximum Gasteiger partial charge on any atom is 0.0995 e. The summed E-state index contributed by atoms with van der Waals surface area (Å²) >= 11 is 3.36. The van der Waals surface area contributed by atoms with Crippen LogP contribution in [0.1, 0.15) is 16.7 Å². The lowest BCUT2D eigenvalue weighted by Crippen LogP contribution is -2.00. The van der Waals surface area contributed by atoms with Gasteiger partial charge in [0.15, 0.2) is 0 Å². The molecular weight excluding hydrogens is 216 g/mol. The molecule has 12 heavy (non-hydrogen) atoms. The zero-order chi connectivity index (χ0) is 9.14. The van der Waals surface area contributed by atoms with E-state index in [1.54, 1.807) is 6.07 Å². The number of nitriles is 1. The van der Waals surface area contributed by atoms with Crippen molar-refractivity contribution in [2.75, 3.05) is 0 Å². The number of aryl methyl sites for hydroxylation is 1. The van der Waals surface area contributed by atoms with Gasteiger partial charge in [0.1, 0.15) is 0 Å². The molecule has 0 aliphatic carbocycles. The molecule has 0 heterocycles. The van der Waals surface area contributed by atoms with Crippen molar-refractivity contribution in [3.8, 4) is 6.07 Å². The van der Waals surface area contributed by atoms with Gasteiger partial charge in [0.05, 0.1) is 11.6 Å². The molecule has 1 aromatic rings. The van der Waals surface area contributed by atoms with Crippen molar-refractivity contribution in [2.45, 2.75) is 13.5 Å². The number of hydrogen-bond donors (Lipinski definition) is 1. The molecule has 0 aliphatic heterocycles. The maximum atomic E-state index is 8.74. The number of nitrogens with zero attached hydrogens (tertiary/aromatic N) is 1. The quantitative estimate of drug-likeness (QED) is 0.795. The minimum atomic E-state index is 0.414. The lowest BCUT2D eigenvalue weighted by Gasteiger charge is -2.03. The molecule has 0 aliphatic rings. The molecule has 0 spiro atoms. The van der Waals surface area contributed by atoms with Crippen LogP contribution in [0.4, 0.5) is 0 Å². The van der Waals surface area contributed by atoms with E-state index >= 15 is 0 Å². The molecule has 0 saturated heterocycles. The summed E-state index contributed by atoms with van der Waals surface area (Å²) in [5.74, 6) is 0. The summed E-state index contributed by atoms with van der Waals surface area (Å²) in [6.45, 7) is 2.39. The molecule has 0 amide bonds. The van der Waals surface area contributed by atoms with Gasteiger partial charge in [-0.05, 0) is 24.1 Å². The molecule has 0 fully saturated rings. The average Bonchev–Trinajstić information content (AvgIpc) is 2.09. The molecule has 62 valence electrons. The predicted molar refractivity (Wildman–Crippen MR) is 51.5 cm³/mol. The number of benzene rings is 1. The van der Waals surface area contributed by atoms with Crippen LogP contribution in [0.3, 0.4) is 0 Å². The van der Waals surface area contributed by atoms with Crippen LogP contribution in [-0.2, 0) is 6.54 Å². The van der Waals surface area contributed by atoms with Gasteiger partial charge < -0.3 is 5.73 Å². The molecule has 1 rings (SSSR count). The Bertz CT molecular complexity index is 339. The molecular formula is C9H9BrN2. The Morgan fingerprint density at radius 3 is 2.75 bits per heavy atom. The summed E-state index contributed by atoms with van der Waals surface area (Å²) in [7, 11) is 0. The molecule has 0 radical (unpaired) electrons. The minimum absolute atomic E-state index is 0.414. The summed E-state index contributed by atoms with van der Waals surface area (Å²) in [5, 5.41) is 8.74. The van der Waals surface area contributed by atoms with E-state index in [1.807, 2.05) is 13.0 Å². The highest BCUT2D eigenvalue weighted by Gasteiger charge is 2.03. The molecule has 1 aromatic carbocycles. The van der Waals surface area contributed by atoms with E-state index in [2.05, 4.69) is 22.0 Å². The number of nitrogens with two attached hydrogens (primary N) is 1. The molecule has 2 N–H and O–H groups in total. The normalized spacial score (nSPS) is 9.50. The van der Waals surface area contributed by atoms with Crippen LogP contribution in [0.25, 0.3) is 0 Å². The summed E-state index contributed by atoms with van der Waals surface area (Å²) in [6, 6.07) is 5.84. The van der Waals surface area contributed by atoms with E-state index < -0.39 is 0 Å². The van der Waals surface area contributed by atoms with Gasteiger partial charge in [-0.1, -0.05) is 22.0 Å². The lowest BCUT2D eigenvalue weighted by molar-refractivity contribution is 1.05. The molecule has 2 nitrogen and oxygen atoms in total. The Hall–Kier alpha value is -0.850. The van der Waals surface area contributed by atoms with E-state index in [9.17, 15) is 0 Å². The van der Waals surface area contributed by atoms with Gasteiger partial charge in [0.2, 0.25) is 0 Å². The highest BCUT2D eigenvalue weighted by molar-refractivity contribution is 9.10. The molecule has 0 bridgehead atoms. The van der Waals surface area contributed by atoms with Gasteiger partial charge in [-0.2, -0.15) is 5.26 Å². The van der Waals surface area contributed by atoms with E-state index in [1.165, 1.54) is 0 Å². The molecule has 0 saturated carbocycles. The number of rotatable bonds is 1. The minimum Gasteiger partial charge on any atom is -0.326 e. The van der Waals surface area contributed by atoms with Crippen LogP contribution in [0, 0.1) is 18.3 Å². The van der Waals surface area contributed by atoms with Crippen molar-refractivity contribution in [3.63, 3.8) is 0 Å². The highest BCUT2D eigenvalue weighted by Crippen LogP contribution is 2.20. The van der Waals surface area contributed by atoms with E-state index in [4.69, 9.17) is 11.0 Å². The van der Waals surface area contributed by atoms with Crippen molar-refractivity contribution < 1.29 is 0 Å². The van der Waals surface area contributed by atoms with Crippen molar-refractivity contribution >= 4 is 15.9 Å². The zero-order valence-electron chi connectivity index (χ0n) is 6.76. The average molecular weight is 225 g/mol. The third-order valence-corrected chi connectivity index (χ3v) is 2.58. The first kappa shape index (κ1) is 9.24. The first-order valence-electron chi connectivity index (χ1n) is 3.58. The van der Waals surface area contributed by atoms with Gasteiger partial charge in [0.25, 0.3) is 0 Å². The Morgan fingerprint density at radius 2 is 2.25 bits per heavy atom. The van der Waals surface area contributed by atoms with Gasteiger partial charge in [-0.3, -0.25) is 0 Å². The van der Waals surface area contributed by atoms with Crippen LogP contribution in [-0.4, -0.2) is 0 Å². The topological polar surface area (TPSA) is 49.8 Å². The summed E-state index contributed by atoms with van der Waals surface area (Å²) in [4.78, 5) is 0. The fourth-order valence-corrected chi connectivity index (χ4v) is 1.36. The first-order valence-corrected chi connectivity index (χ1v) is 4.37. The van der Waals surface area contributed by atoms with Gasteiger partial charge in [-0.15, -0.1) is 0 Å². The second kappa shape index (κ2) is 3.70. The van der Waals surface area contributed by atoms with Crippen molar-refractivity contribution in [1.29, 1.82) is 5.26 Å². The van der Waals surface area contributed by atoms with Crippen molar-refractivity contribution in [1.82, 2.24) is 0 Å². The summed E-state index contributed by atoms with van der Waals surface area (Å²) in [6.07, 6.45) is 0. The van der Waals surface area contributed by atoms with Crippen LogP contribution in [0.2, 0.25) is 0 Å². The molecule has 0 unspecified atom stereocenters. The van der Waals surface area contributed by atoms with Crippen LogP contribution < -0.4 is 5.73 Å². The van der Waals surface area contributed by atoms with Crippen LogP contribution >= 0.6 is 15.9 Å². The lowest BCUT2D eigenvalue weighted by atomic mass is 10.1. The number of halogens is 1. The Balaban J connectivity index is 3.31. The van der Waals surface area contributed by atoms with Crippen LogP contribution in [0.15, 0.2) is 16.6 Å². The summed E-state index contributed by atoms with van der Waals surface area (Å²) < 4.78 is 0.955. The van der Waals surface area contributed by atoms with Gasteiger partial charge in [0, 0.05) is 11.0 Å². The molecule has 0 atom stereocenters. The monoisotopic (exact) mass is 224 g/mol. The van der Waals surface area contributed by atoms with Gasteiger partial charge >= 0.3 is 0 Å². The van der Waals surface area contributed by atoms with E-state index in [0.29, 0.717) is 12.1 Å². The molecule has 3 heteroatoms. The second-order valence-electron chi connectivity index (χ2n) is 2.57. The van der Waals surface area contributed by atoms with Crippen molar-refractivity contribution in [2.24, 2.45) is 5.73 Å². The van der Waals surface area contributed by atoms with E-state index in [-0.39, 0.29) is 0 Å². The zero-order valence-corrected chi connectivity index (χ0v) is 8.35. The standard InChI is InChI=1S/C9H9BrN2/c1-6-2-7(4-11)8(5-12)3-9(6)10/h2-3H,4,11H2,1H3. The Morgan fingerprint density at radius 1 is 1.58 bits per heavy atom. The smallest absolute Gasteiger partial charge is 0.0995 e. The third kappa shape index (κ3) is 1.66. The Kier molecular flexibility index (Phi) is 2.85. The first-order chi connectivity index (χ1) is 5.69. The Labute approximate surface area is 80.1 Å².